The maximum absolute atomic E-state index is 12.4. The van der Waals surface area contributed by atoms with Gasteiger partial charge in [0.1, 0.15) is 6.04 Å². The molecule has 3 N–H and O–H groups in total. The Bertz CT molecular complexity index is 744. The fourth-order valence-electron chi connectivity index (χ4n) is 3.10. The van der Waals surface area contributed by atoms with Crippen LogP contribution in [0.3, 0.4) is 0 Å². The molecule has 0 bridgehead atoms. The minimum absolute atomic E-state index is 0.117. The van der Waals surface area contributed by atoms with E-state index in [0.29, 0.717) is 6.54 Å². The molecule has 7 nitrogen and oxygen atoms in total. The van der Waals surface area contributed by atoms with Crippen LogP contribution in [-0.2, 0) is 4.79 Å². The molecule has 0 unspecified atom stereocenters. The van der Waals surface area contributed by atoms with Crippen molar-refractivity contribution in [1.82, 2.24) is 25.7 Å². The van der Waals surface area contributed by atoms with Gasteiger partial charge in [0.2, 0.25) is 5.91 Å². The van der Waals surface area contributed by atoms with Gasteiger partial charge >= 0.3 is 6.03 Å². The smallest absolute Gasteiger partial charge is 0.315 e. The number of benzene rings is 1. The molecule has 7 heteroatoms. The normalized spacial score (nSPS) is 21.3. The Morgan fingerprint density at radius 2 is 2.16 bits per heavy atom. The summed E-state index contributed by atoms with van der Waals surface area (Å²) in [5.41, 5.74) is 1.85. The topological polar surface area (TPSA) is 88.0 Å². The molecule has 3 atom stereocenters. The molecule has 0 spiro atoms. The first kappa shape index (κ1) is 17.0. The highest BCUT2D eigenvalue weighted by molar-refractivity contribution is 5.88. The van der Waals surface area contributed by atoms with Crippen LogP contribution >= 0.6 is 0 Å². The van der Waals surface area contributed by atoms with Crippen molar-refractivity contribution in [3.8, 4) is 5.69 Å². The zero-order chi connectivity index (χ0) is 17.8. The first-order valence-corrected chi connectivity index (χ1v) is 8.50. The maximum Gasteiger partial charge on any atom is 0.315 e. The fraction of sp³-hybridized carbons (Fsp3) is 0.389. The van der Waals surface area contributed by atoms with Crippen LogP contribution in [0.5, 0.6) is 0 Å². The van der Waals surface area contributed by atoms with Crippen LogP contribution in [0, 0.1) is 5.92 Å². The number of rotatable bonds is 4. The van der Waals surface area contributed by atoms with Gasteiger partial charge in [-0.25, -0.2) is 9.48 Å². The molecular weight excluding hydrogens is 318 g/mol. The summed E-state index contributed by atoms with van der Waals surface area (Å²) in [5.74, 6) is -0.00957. The van der Waals surface area contributed by atoms with Crippen LogP contribution in [0.4, 0.5) is 4.79 Å². The van der Waals surface area contributed by atoms with Crippen molar-refractivity contribution < 1.29 is 9.59 Å². The lowest BCUT2D eigenvalue weighted by Crippen LogP contribution is -2.56. The largest absolute Gasteiger partial charge is 0.354 e. The second kappa shape index (κ2) is 7.38. The van der Waals surface area contributed by atoms with Crippen molar-refractivity contribution in [1.29, 1.82) is 0 Å². The molecule has 1 aromatic heterocycles. The van der Waals surface area contributed by atoms with E-state index in [9.17, 15) is 9.59 Å². The molecule has 1 aromatic carbocycles. The first-order chi connectivity index (χ1) is 12.1. The van der Waals surface area contributed by atoms with Gasteiger partial charge in [0.05, 0.1) is 11.7 Å². The Balaban J connectivity index is 1.69. The standard InChI is InChI=1S/C18H23N5O2/c1-12-8-10-19-17(24)16(12)22-18(25)21-13(2)14-6-3-4-7-15(14)23-11-5-9-20-23/h3-7,9,11-13,16H,8,10H2,1-2H3,(H,19,24)(H2,21,22,25)/t12-,13+,16+/m1/s1. The Hall–Kier alpha value is -2.83. The van der Waals surface area contributed by atoms with Gasteiger partial charge in [0.25, 0.3) is 0 Å². The molecule has 132 valence electrons. The predicted octanol–water partition coefficient (Wildman–Crippen LogP) is 1.76. The second-order valence-corrected chi connectivity index (χ2v) is 6.38. The summed E-state index contributed by atoms with van der Waals surface area (Å²) in [5, 5.41) is 12.7. The Morgan fingerprint density at radius 1 is 1.36 bits per heavy atom. The molecular formula is C18H23N5O2. The molecule has 1 fully saturated rings. The van der Waals surface area contributed by atoms with Gasteiger partial charge in [-0.15, -0.1) is 0 Å². The van der Waals surface area contributed by atoms with Gasteiger partial charge in [0, 0.05) is 18.9 Å². The lowest BCUT2D eigenvalue weighted by Gasteiger charge is -2.29. The number of hydrogen-bond donors (Lipinski definition) is 3. The molecule has 0 aliphatic carbocycles. The number of nitrogens with one attached hydrogen (secondary N) is 3. The van der Waals surface area contributed by atoms with Crippen LogP contribution in [0.1, 0.15) is 31.9 Å². The zero-order valence-corrected chi connectivity index (χ0v) is 14.4. The molecule has 2 heterocycles. The van der Waals surface area contributed by atoms with Crippen molar-refractivity contribution in [2.75, 3.05) is 6.54 Å². The van der Waals surface area contributed by atoms with E-state index in [1.807, 2.05) is 50.4 Å². The highest BCUT2D eigenvalue weighted by Gasteiger charge is 2.30. The summed E-state index contributed by atoms with van der Waals surface area (Å²) >= 11 is 0. The molecule has 3 amide bonds. The molecule has 1 saturated heterocycles. The lowest BCUT2D eigenvalue weighted by molar-refractivity contribution is -0.125. The van der Waals surface area contributed by atoms with Gasteiger partial charge in [-0.3, -0.25) is 4.79 Å². The van der Waals surface area contributed by atoms with E-state index in [0.717, 1.165) is 17.7 Å². The summed E-state index contributed by atoms with van der Waals surface area (Å²) < 4.78 is 1.77. The number of para-hydroxylation sites is 1. The zero-order valence-electron chi connectivity index (χ0n) is 14.4. The average Bonchev–Trinajstić information content (AvgIpc) is 3.13. The third-order valence-electron chi connectivity index (χ3n) is 4.54. The van der Waals surface area contributed by atoms with Crippen LogP contribution < -0.4 is 16.0 Å². The van der Waals surface area contributed by atoms with E-state index in [-0.39, 0.29) is 23.9 Å². The van der Waals surface area contributed by atoms with Gasteiger partial charge in [0.15, 0.2) is 0 Å². The van der Waals surface area contributed by atoms with Crippen LogP contribution in [0.25, 0.3) is 5.69 Å². The van der Waals surface area contributed by atoms with Crippen LogP contribution in [0.2, 0.25) is 0 Å². The molecule has 1 aliphatic heterocycles. The van der Waals surface area contributed by atoms with E-state index in [2.05, 4.69) is 21.0 Å². The van der Waals surface area contributed by atoms with E-state index >= 15 is 0 Å². The molecule has 0 radical (unpaired) electrons. The summed E-state index contributed by atoms with van der Waals surface area (Å²) in [4.78, 5) is 24.3. The fourth-order valence-corrected chi connectivity index (χ4v) is 3.10. The summed E-state index contributed by atoms with van der Waals surface area (Å²) in [6.45, 7) is 4.54. The molecule has 1 aliphatic rings. The third kappa shape index (κ3) is 3.81. The quantitative estimate of drug-likeness (QED) is 0.792. The molecule has 0 saturated carbocycles. The van der Waals surface area contributed by atoms with Crippen LogP contribution in [-0.4, -0.2) is 34.3 Å². The predicted molar refractivity (Wildman–Crippen MR) is 94.2 cm³/mol. The molecule has 2 aromatic rings. The molecule has 3 rings (SSSR count). The van der Waals surface area contributed by atoms with Gasteiger partial charge in [-0.1, -0.05) is 25.1 Å². The second-order valence-electron chi connectivity index (χ2n) is 6.38. The van der Waals surface area contributed by atoms with Crippen molar-refractivity contribution in [2.45, 2.75) is 32.4 Å². The maximum atomic E-state index is 12.4. The van der Waals surface area contributed by atoms with E-state index in [4.69, 9.17) is 0 Å². The monoisotopic (exact) mass is 341 g/mol. The Morgan fingerprint density at radius 3 is 2.88 bits per heavy atom. The lowest BCUT2D eigenvalue weighted by atomic mass is 9.94. The number of nitrogens with zero attached hydrogens (tertiary/aromatic N) is 2. The van der Waals surface area contributed by atoms with Crippen molar-refractivity contribution >= 4 is 11.9 Å². The number of amides is 3. The summed E-state index contributed by atoms with van der Waals surface area (Å²) in [7, 11) is 0. The van der Waals surface area contributed by atoms with Gasteiger partial charge < -0.3 is 16.0 Å². The highest BCUT2D eigenvalue weighted by Crippen LogP contribution is 2.21. The third-order valence-corrected chi connectivity index (χ3v) is 4.54. The Labute approximate surface area is 146 Å². The highest BCUT2D eigenvalue weighted by atomic mass is 16.2. The van der Waals surface area contributed by atoms with Crippen molar-refractivity contribution in [3.63, 3.8) is 0 Å². The molecule has 25 heavy (non-hydrogen) atoms. The summed E-state index contributed by atoms with van der Waals surface area (Å²) in [6.07, 6.45) is 4.43. The minimum Gasteiger partial charge on any atom is -0.354 e. The average molecular weight is 341 g/mol. The number of hydrogen-bond acceptors (Lipinski definition) is 3. The number of urea groups is 1. The number of aromatic nitrogens is 2. The van der Waals surface area contributed by atoms with E-state index in [1.165, 1.54) is 0 Å². The van der Waals surface area contributed by atoms with Gasteiger partial charge in [-0.05, 0) is 37.0 Å². The van der Waals surface area contributed by atoms with Crippen LogP contribution in [0.15, 0.2) is 42.7 Å². The minimum atomic E-state index is -0.498. The number of piperidine rings is 1. The number of carbonyl (C=O) groups is 2. The van der Waals surface area contributed by atoms with Gasteiger partial charge in [-0.2, -0.15) is 5.10 Å². The Kier molecular flexibility index (Phi) is 5.02. The van der Waals surface area contributed by atoms with Crippen molar-refractivity contribution in [2.24, 2.45) is 5.92 Å². The van der Waals surface area contributed by atoms with E-state index in [1.54, 1.807) is 10.9 Å². The van der Waals surface area contributed by atoms with Crippen molar-refractivity contribution in [3.05, 3.63) is 48.3 Å². The summed E-state index contributed by atoms with van der Waals surface area (Å²) in [6, 6.07) is 8.54. The van der Waals surface area contributed by atoms with E-state index < -0.39 is 6.04 Å². The first-order valence-electron chi connectivity index (χ1n) is 8.50. The SMILES string of the molecule is C[C@H](NC(=O)N[C@@H]1C(=O)NCC[C@H]1C)c1ccccc1-n1cccn1. The number of carbonyl (C=O) groups excluding carboxylic acids is 2.